The average Bonchev–Trinajstić information content (AvgIpc) is 3.70. The summed E-state index contributed by atoms with van der Waals surface area (Å²) in [4.78, 5) is 23.3. The molecule has 2 heterocycles. The number of rotatable bonds is 11. The molecule has 0 saturated heterocycles. The van der Waals surface area contributed by atoms with Crippen molar-refractivity contribution in [2.24, 2.45) is 10.2 Å². The van der Waals surface area contributed by atoms with Crippen LogP contribution in [0, 0.1) is 0 Å². The molecule has 2 atom stereocenters. The molecule has 2 aliphatic rings. The van der Waals surface area contributed by atoms with E-state index in [4.69, 9.17) is 9.47 Å². The van der Waals surface area contributed by atoms with Crippen LogP contribution in [0.25, 0.3) is 0 Å². The van der Waals surface area contributed by atoms with Gasteiger partial charge in [0.05, 0.1) is 23.5 Å². The number of carbonyl (C=O) groups excluding carboxylic acids is 2. The van der Waals surface area contributed by atoms with E-state index in [0.717, 1.165) is 58.0 Å². The van der Waals surface area contributed by atoms with Crippen molar-refractivity contribution in [2.45, 2.75) is 24.9 Å². The minimum absolute atomic E-state index is 0.141. The van der Waals surface area contributed by atoms with Gasteiger partial charge in [-0.25, -0.2) is 10.0 Å². The molecule has 6 rings (SSSR count). The van der Waals surface area contributed by atoms with Gasteiger partial charge in [0.15, 0.2) is 0 Å². The predicted octanol–water partition coefficient (Wildman–Crippen LogP) is 5.76. The summed E-state index contributed by atoms with van der Waals surface area (Å²) in [5.41, 5.74) is 5.83. The van der Waals surface area contributed by atoms with Crippen molar-refractivity contribution in [1.29, 1.82) is 0 Å². The van der Waals surface area contributed by atoms with Crippen molar-refractivity contribution in [2.75, 3.05) is 13.2 Å². The molecule has 0 N–H and O–H groups in total. The molecular formula is C34H30N4O4. The third-order valence-electron chi connectivity index (χ3n) is 7.46. The van der Waals surface area contributed by atoms with Crippen molar-refractivity contribution in [3.8, 4) is 11.5 Å². The van der Waals surface area contributed by atoms with Crippen molar-refractivity contribution < 1.29 is 19.1 Å². The number of hydrazone groups is 2. The van der Waals surface area contributed by atoms with E-state index in [1.165, 1.54) is 10.0 Å². The highest BCUT2D eigenvalue weighted by Crippen LogP contribution is 2.33. The molecule has 2 amide bonds. The van der Waals surface area contributed by atoms with Gasteiger partial charge in [-0.15, -0.1) is 0 Å². The highest BCUT2D eigenvalue weighted by Gasteiger charge is 2.29. The SMILES string of the molecule is O=CN1N=C(c2ccccc2)CC1c1ccc(OCCOc2ccc(C3CC(c4ccccc4)=NN3C=O)cc2)cc1. The third-order valence-corrected chi connectivity index (χ3v) is 7.46. The van der Waals surface area contributed by atoms with Crippen molar-refractivity contribution in [3.05, 3.63) is 131 Å². The molecule has 42 heavy (non-hydrogen) atoms. The first-order valence-corrected chi connectivity index (χ1v) is 13.9. The van der Waals surface area contributed by atoms with E-state index < -0.39 is 0 Å². The number of amides is 2. The van der Waals surface area contributed by atoms with Gasteiger partial charge in [0.2, 0.25) is 12.8 Å². The lowest BCUT2D eigenvalue weighted by Gasteiger charge is -2.18. The monoisotopic (exact) mass is 558 g/mol. The second-order valence-corrected chi connectivity index (χ2v) is 10.1. The maximum Gasteiger partial charge on any atom is 0.230 e. The zero-order chi connectivity index (χ0) is 28.7. The summed E-state index contributed by atoms with van der Waals surface area (Å²) >= 11 is 0. The van der Waals surface area contributed by atoms with Crippen molar-refractivity contribution >= 4 is 24.2 Å². The second-order valence-electron chi connectivity index (χ2n) is 10.1. The van der Waals surface area contributed by atoms with E-state index in [0.29, 0.717) is 26.1 Å². The van der Waals surface area contributed by atoms with Gasteiger partial charge in [-0.3, -0.25) is 9.59 Å². The second kappa shape index (κ2) is 12.5. The molecule has 0 radical (unpaired) electrons. The molecule has 8 heteroatoms. The Morgan fingerprint density at radius 3 is 1.31 bits per heavy atom. The number of hydrogen-bond acceptors (Lipinski definition) is 6. The first kappa shape index (κ1) is 27.0. The van der Waals surface area contributed by atoms with Gasteiger partial charge < -0.3 is 9.47 Å². The Hall–Kier alpha value is -5.24. The molecule has 8 nitrogen and oxygen atoms in total. The maximum atomic E-state index is 11.7. The van der Waals surface area contributed by atoms with E-state index in [1.54, 1.807) is 0 Å². The van der Waals surface area contributed by atoms with Gasteiger partial charge in [0.25, 0.3) is 0 Å². The van der Waals surface area contributed by atoms with Crippen LogP contribution in [0.2, 0.25) is 0 Å². The lowest BCUT2D eigenvalue weighted by atomic mass is 9.98. The van der Waals surface area contributed by atoms with E-state index in [-0.39, 0.29) is 12.1 Å². The van der Waals surface area contributed by atoms with Gasteiger partial charge in [-0.05, 0) is 46.5 Å². The molecule has 0 saturated carbocycles. The van der Waals surface area contributed by atoms with Crippen LogP contribution in [0.3, 0.4) is 0 Å². The maximum absolute atomic E-state index is 11.7. The molecule has 2 aliphatic heterocycles. The molecule has 210 valence electrons. The Morgan fingerprint density at radius 2 is 0.952 bits per heavy atom. The predicted molar refractivity (Wildman–Crippen MR) is 160 cm³/mol. The molecule has 0 aliphatic carbocycles. The van der Waals surface area contributed by atoms with Crippen LogP contribution in [-0.4, -0.2) is 47.5 Å². The summed E-state index contributed by atoms with van der Waals surface area (Å²) in [6.07, 6.45) is 2.86. The summed E-state index contributed by atoms with van der Waals surface area (Å²) in [7, 11) is 0. The van der Waals surface area contributed by atoms with E-state index in [2.05, 4.69) is 10.2 Å². The van der Waals surface area contributed by atoms with Crippen LogP contribution in [0.15, 0.2) is 119 Å². The van der Waals surface area contributed by atoms with Crippen LogP contribution >= 0.6 is 0 Å². The summed E-state index contributed by atoms with van der Waals surface area (Å²) in [5.74, 6) is 1.45. The summed E-state index contributed by atoms with van der Waals surface area (Å²) in [5, 5.41) is 12.0. The van der Waals surface area contributed by atoms with Crippen molar-refractivity contribution in [3.63, 3.8) is 0 Å². The molecule has 2 unspecified atom stereocenters. The van der Waals surface area contributed by atoms with Gasteiger partial charge in [-0.1, -0.05) is 84.9 Å². The van der Waals surface area contributed by atoms with Crippen LogP contribution < -0.4 is 9.47 Å². The largest absolute Gasteiger partial charge is 0.490 e. The van der Waals surface area contributed by atoms with Gasteiger partial charge >= 0.3 is 0 Å². The fourth-order valence-corrected chi connectivity index (χ4v) is 5.29. The van der Waals surface area contributed by atoms with Crippen LogP contribution in [0.1, 0.15) is 47.2 Å². The highest BCUT2D eigenvalue weighted by atomic mass is 16.5. The number of ether oxygens (including phenoxy) is 2. The summed E-state index contributed by atoms with van der Waals surface area (Å²) in [6.45, 7) is 0.754. The fraction of sp³-hybridized carbons (Fsp3) is 0.176. The first-order valence-electron chi connectivity index (χ1n) is 13.9. The minimum atomic E-state index is -0.141. The Morgan fingerprint density at radius 1 is 0.571 bits per heavy atom. The van der Waals surface area contributed by atoms with Crippen LogP contribution in [0.4, 0.5) is 0 Å². The Balaban J connectivity index is 0.983. The molecule has 4 aromatic carbocycles. The standard InChI is InChI=1S/C34H30N4O4/c39-23-37-33(21-31(35-37)25-7-3-1-4-8-25)27-11-15-29(16-12-27)41-19-20-42-30-17-13-28(14-18-30)34-22-32(36-38(34)24-40)26-9-5-2-6-10-26/h1-18,23-24,33-34H,19-22H2. The Labute approximate surface area is 244 Å². The lowest BCUT2D eigenvalue weighted by molar-refractivity contribution is -0.120. The number of benzene rings is 4. The third kappa shape index (κ3) is 5.93. The summed E-state index contributed by atoms with van der Waals surface area (Å²) in [6, 6.07) is 35.0. The molecule has 0 aromatic heterocycles. The lowest BCUT2D eigenvalue weighted by Crippen LogP contribution is -2.17. The van der Waals surface area contributed by atoms with Gasteiger partial charge in [0, 0.05) is 12.8 Å². The molecule has 4 aromatic rings. The quantitative estimate of drug-likeness (QED) is 0.173. The van der Waals surface area contributed by atoms with Gasteiger partial charge in [-0.2, -0.15) is 10.2 Å². The van der Waals surface area contributed by atoms with Gasteiger partial charge in [0.1, 0.15) is 24.7 Å². The minimum Gasteiger partial charge on any atom is -0.490 e. The molecular weight excluding hydrogens is 528 g/mol. The number of nitrogens with zero attached hydrogens (tertiary/aromatic N) is 4. The zero-order valence-corrected chi connectivity index (χ0v) is 23.0. The normalized spacial score (nSPS) is 17.9. The smallest absolute Gasteiger partial charge is 0.230 e. The van der Waals surface area contributed by atoms with Crippen LogP contribution in [-0.2, 0) is 9.59 Å². The Bertz CT molecular complexity index is 1450. The average molecular weight is 559 g/mol. The zero-order valence-electron chi connectivity index (χ0n) is 23.0. The highest BCUT2D eigenvalue weighted by molar-refractivity contribution is 6.03. The van der Waals surface area contributed by atoms with Crippen LogP contribution in [0.5, 0.6) is 11.5 Å². The first-order chi connectivity index (χ1) is 20.7. The molecule has 0 bridgehead atoms. The van der Waals surface area contributed by atoms with E-state index in [1.807, 2.05) is 109 Å². The topological polar surface area (TPSA) is 83.8 Å². The number of carbonyl (C=O) groups is 2. The summed E-state index contributed by atoms with van der Waals surface area (Å²) < 4.78 is 11.8. The van der Waals surface area contributed by atoms with E-state index in [9.17, 15) is 9.59 Å². The van der Waals surface area contributed by atoms with Crippen molar-refractivity contribution in [1.82, 2.24) is 10.0 Å². The number of hydrogen-bond donors (Lipinski definition) is 0. The Kier molecular flexibility index (Phi) is 8.03. The molecule has 0 fully saturated rings. The van der Waals surface area contributed by atoms with E-state index >= 15 is 0 Å². The fourth-order valence-electron chi connectivity index (χ4n) is 5.29. The molecule has 0 spiro atoms.